The second-order valence-corrected chi connectivity index (χ2v) is 6.36. The maximum absolute atomic E-state index is 12.4. The Morgan fingerprint density at radius 2 is 2.15 bits per heavy atom. The molecule has 0 spiro atoms. The van der Waals surface area contributed by atoms with Crippen molar-refractivity contribution in [2.75, 3.05) is 0 Å². The van der Waals surface area contributed by atoms with Crippen LogP contribution in [0.4, 0.5) is 0 Å². The Labute approximate surface area is 120 Å². The van der Waals surface area contributed by atoms with Crippen LogP contribution in [0.3, 0.4) is 0 Å². The first-order valence-corrected chi connectivity index (χ1v) is 7.40. The zero-order valence-electron chi connectivity index (χ0n) is 13.0. The molecule has 0 aromatic rings. The summed E-state index contributed by atoms with van der Waals surface area (Å²) in [5, 5.41) is 8.07. The Kier molecular flexibility index (Phi) is 4.16. The standard InChI is InChI=1S/C15H24N2O3/c1-9(2)11(5)16-19-14(18)15-8-6-7-12(15)13(10(3)4)17-20-15/h9-10,12H,6-8H2,1-5H3/b16-11+. The van der Waals surface area contributed by atoms with E-state index in [1.165, 1.54) is 0 Å². The molecule has 0 radical (unpaired) electrons. The summed E-state index contributed by atoms with van der Waals surface area (Å²) in [6.07, 6.45) is 2.55. The third kappa shape index (κ3) is 2.45. The molecule has 1 aliphatic heterocycles. The SMILES string of the molecule is C/C(=N\OC(=O)C12CCCC1C(C(C)C)=NO2)C(C)C. The van der Waals surface area contributed by atoms with Gasteiger partial charge >= 0.3 is 5.97 Å². The molecule has 2 atom stereocenters. The second-order valence-electron chi connectivity index (χ2n) is 6.36. The van der Waals surface area contributed by atoms with Crippen LogP contribution in [0.5, 0.6) is 0 Å². The lowest BCUT2D eigenvalue weighted by molar-refractivity contribution is -0.172. The molecule has 0 amide bonds. The first kappa shape index (κ1) is 15.0. The van der Waals surface area contributed by atoms with E-state index in [2.05, 4.69) is 24.2 Å². The summed E-state index contributed by atoms with van der Waals surface area (Å²) in [5.74, 6) is 0.185. The molecule has 2 rings (SSSR count). The zero-order valence-corrected chi connectivity index (χ0v) is 13.0. The van der Waals surface area contributed by atoms with E-state index in [0.29, 0.717) is 6.42 Å². The Bertz CT molecular complexity index is 454. The molecule has 5 heteroatoms. The third-order valence-corrected chi connectivity index (χ3v) is 4.32. The van der Waals surface area contributed by atoms with Crippen molar-refractivity contribution in [2.24, 2.45) is 28.1 Å². The molecule has 0 bridgehead atoms. The lowest BCUT2D eigenvalue weighted by Gasteiger charge is -2.23. The first-order chi connectivity index (χ1) is 9.38. The van der Waals surface area contributed by atoms with Crippen molar-refractivity contribution in [1.29, 1.82) is 0 Å². The van der Waals surface area contributed by atoms with E-state index in [9.17, 15) is 4.79 Å². The summed E-state index contributed by atoms with van der Waals surface area (Å²) in [6, 6.07) is 0. The van der Waals surface area contributed by atoms with Crippen LogP contribution in [0.1, 0.15) is 53.9 Å². The van der Waals surface area contributed by atoms with E-state index >= 15 is 0 Å². The minimum absolute atomic E-state index is 0.0459. The maximum atomic E-state index is 12.4. The van der Waals surface area contributed by atoms with E-state index in [0.717, 1.165) is 24.3 Å². The van der Waals surface area contributed by atoms with Gasteiger partial charge in [-0.15, -0.1) is 0 Å². The minimum atomic E-state index is -0.930. The number of carbonyl (C=O) groups is 1. The van der Waals surface area contributed by atoms with Crippen molar-refractivity contribution in [2.45, 2.75) is 59.5 Å². The molecular weight excluding hydrogens is 256 g/mol. The van der Waals surface area contributed by atoms with E-state index in [1.54, 1.807) is 0 Å². The van der Waals surface area contributed by atoms with Crippen LogP contribution in [0.25, 0.3) is 0 Å². The quantitative estimate of drug-likeness (QED) is 0.451. The van der Waals surface area contributed by atoms with Gasteiger partial charge in [0.25, 0.3) is 0 Å². The first-order valence-electron chi connectivity index (χ1n) is 7.40. The molecule has 112 valence electrons. The molecule has 1 aliphatic carbocycles. The number of rotatable bonds is 4. The number of fused-ring (bicyclic) bond motifs is 1. The lowest BCUT2D eigenvalue weighted by Crippen LogP contribution is -2.44. The number of hydrogen-bond acceptors (Lipinski definition) is 5. The molecule has 1 fully saturated rings. The van der Waals surface area contributed by atoms with Gasteiger partial charge in [-0.1, -0.05) is 38.0 Å². The summed E-state index contributed by atoms with van der Waals surface area (Å²) in [5.41, 5.74) is 0.844. The lowest BCUT2D eigenvalue weighted by atomic mass is 9.83. The van der Waals surface area contributed by atoms with E-state index in [-0.39, 0.29) is 17.8 Å². The summed E-state index contributed by atoms with van der Waals surface area (Å²) < 4.78 is 0. The van der Waals surface area contributed by atoms with Crippen LogP contribution in [0.15, 0.2) is 10.3 Å². The highest BCUT2D eigenvalue weighted by Crippen LogP contribution is 2.46. The highest BCUT2D eigenvalue weighted by Gasteiger charge is 2.59. The summed E-state index contributed by atoms with van der Waals surface area (Å²) >= 11 is 0. The van der Waals surface area contributed by atoms with Crippen molar-refractivity contribution in [1.82, 2.24) is 0 Å². The van der Waals surface area contributed by atoms with Crippen LogP contribution >= 0.6 is 0 Å². The number of oxime groups is 2. The average Bonchev–Trinajstić information content (AvgIpc) is 2.93. The molecule has 20 heavy (non-hydrogen) atoms. The van der Waals surface area contributed by atoms with Crippen LogP contribution in [0.2, 0.25) is 0 Å². The third-order valence-electron chi connectivity index (χ3n) is 4.32. The van der Waals surface area contributed by atoms with Crippen LogP contribution in [-0.4, -0.2) is 23.0 Å². The van der Waals surface area contributed by atoms with Crippen molar-refractivity contribution < 1.29 is 14.5 Å². The largest absolute Gasteiger partial charge is 0.381 e. The molecule has 5 nitrogen and oxygen atoms in total. The predicted molar refractivity (Wildman–Crippen MR) is 77.5 cm³/mol. The van der Waals surface area contributed by atoms with Gasteiger partial charge in [0.05, 0.1) is 17.3 Å². The Morgan fingerprint density at radius 1 is 1.45 bits per heavy atom. The van der Waals surface area contributed by atoms with Gasteiger partial charge in [-0.05, 0) is 31.6 Å². The fourth-order valence-corrected chi connectivity index (χ4v) is 2.76. The average molecular weight is 280 g/mol. The van der Waals surface area contributed by atoms with Crippen LogP contribution in [0, 0.1) is 17.8 Å². The van der Waals surface area contributed by atoms with Gasteiger partial charge in [0, 0.05) is 6.42 Å². The summed E-state index contributed by atoms with van der Waals surface area (Å²) in [6.45, 7) is 10.0. The van der Waals surface area contributed by atoms with E-state index in [4.69, 9.17) is 9.68 Å². The van der Waals surface area contributed by atoms with Gasteiger partial charge in [0.15, 0.2) is 0 Å². The Balaban J connectivity index is 2.12. The molecule has 1 saturated carbocycles. The molecule has 0 aromatic carbocycles. The molecule has 0 aromatic heterocycles. The molecule has 0 N–H and O–H groups in total. The van der Waals surface area contributed by atoms with Crippen molar-refractivity contribution >= 4 is 17.4 Å². The van der Waals surface area contributed by atoms with Gasteiger partial charge in [0.2, 0.25) is 5.60 Å². The van der Waals surface area contributed by atoms with Crippen LogP contribution in [-0.2, 0) is 14.5 Å². The van der Waals surface area contributed by atoms with Gasteiger partial charge in [-0.25, -0.2) is 4.79 Å². The number of hydrogen-bond donors (Lipinski definition) is 0. The Hall–Kier alpha value is -1.39. The monoisotopic (exact) mass is 280 g/mol. The molecule has 0 saturated heterocycles. The van der Waals surface area contributed by atoms with Crippen LogP contribution < -0.4 is 0 Å². The fourth-order valence-electron chi connectivity index (χ4n) is 2.76. The van der Waals surface area contributed by atoms with Gasteiger partial charge in [0.1, 0.15) is 0 Å². The smallest absolute Gasteiger partial charge is 0.376 e. The zero-order chi connectivity index (χ0) is 14.9. The number of nitrogens with zero attached hydrogens (tertiary/aromatic N) is 2. The maximum Gasteiger partial charge on any atom is 0.381 e. The Morgan fingerprint density at radius 3 is 2.75 bits per heavy atom. The molecule has 2 unspecified atom stereocenters. The van der Waals surface area contributed by atoms with Gasteiger partial charge < -0.3 is 9.68 Å². The fraction of sp³-hybridized carbons (Fsp3) is 0.800. The van der Waals surface area contributed by atoms with E-state index < -0.39 is 11.6 Å². The molecule has 1 heterocycles. The van der Waals surface area contributed by atoms with Crippen molar-refractivity contribution in [3.63, 3.8) is 0 Å². The highest BCUT2D eigenvalue weighted by molar-refractivity contribution is 5.97. The molecule has 2 aliphatic rings. The number of carbonyl (C=O) groups excluding carboxylic acids is 1. The van der Waals surface area contributed by atoms with Gasteiger partial charge in [-0.3, -0.25) is 0 Å². The minimum Gasteiger partial charge on any atom is -0.376 e. The predicted octanol–water partition coefficient (Wildman–Crippen LogP) is 3.14. The topological polar surface area (TPSA) is 60.2 Å². The van der Waals surface area contributed by atoms with Crippen molar-refractivity contribution in [3.05, 3.63) is 0 Å². The van der Waals surface area contributed by atoms with Crippen molar-refractivity contribution in [3.8, 4) is 0 Å². The summed E-state index contributed by atoms with van der Waals surface area (Å²) in [7, 11) is 0. The summed E-state index contributed by atoms with van der Waals surface area (Å²) in [4.78, 5) is 23.1. The van der Waals surface area contributed by atoms with E-state index in [1.807, 2.05) is 20.8 Å². The van der Waals surface area contributed by atoms with Gasteiger partial charge in [-0.2, -0.15) is 0 Å². The molecular formula is C15H24N2O3. The normalized spacial score (nSPS) is 29.4. The highest BCUT2D eigenvalue weighted by atomic mass is 16.7. The second kappa shape index (κ2) is 5.54.